The summed E-state index contributed by atoms with van der Waals surface area (Å²) in [6.45, 7) is 3.10. The Morgan fingerprint density at radius 3 is 2.51 bits per heavy atom. The molecule has 3 fully saturated rings. The zero-order valence-corrected chi connectivity index (χ0v) is 20.3. The number of ether oxygens (including phenoxy) is 1. The van der Waals surface area contributed by atoms with Crippen LogP contribution in [-0.2, 0) is 21.5 Å². The van der Waals surface area contributed by atoms with Crippen LogP contribution >= 0.6 is 0 Å². The van der Waals surface area contributed by atoms with Gasteiger partial charge in [0.1, 0.15) is 18.3 Å². The van der Waals surface area contributed by atoms with Crippen molar-refractivity contribution in [2.75, 3.05) is 13.1 Å². The van der Waals surface area contributed by atoms with E-state index in [2.05, 4.69) is 35.5 Å². The lowest BCUT2D eigenvalue weighted by atomic mass is 9.66. The van der Waals surface area contributed by atoms with Crippen molar-refractivity contribution in [3.8, 4) is 11.3 Å². The Balaban J connectivity index is 1.05. The van der Waals surface area contributed by atoms with E-state index in [4.69, 9.17) is 9.26 Å². The average molecular weight is 472 g/mol. The maximum atomic E-state index is 13.6. The van der Waals surface area contributed by atoms with Gasteiger partial charge in [0.2, 0.25) is 0 Å². The minimum Gasteiger partial charge on any atom is -0.461 e. The summed E-state index contributed by atoms with van der Waals surface area (Å²) in [5.41, 5.74) is 2.78. The minimum atomic E-state index is -0.444. The van der Waals surface area contributed by atoms with E-state index in [1.54, 1.807) is 4.90 Å². The van der Waals surface area contributed by atoms with Crippen molar-refractivity contribution in [1.82, 2.24) is 5.16 Å². The smallest absolute Gasteiger partial charge is 0.316 e. The zero-order chi connectivity index (χ0) is 23.7. The summed E-state index contributed by atoms with van der Waals surface area (Å²) < 4.78 is 11.9. The minimum absolute atomic E-state index is 0.0256. The van der Waals surface area contributed by atoms with Gasteiger partial charge in [0, 0.05) is 29.9 Å². The number of carbonyl (C=O) groups excluding carboxylic acids is 1. The van der Waals surface area contributed by atoms with Crippen LogP contribution in [0.25, 0.3) is 11.3 Å². The van der Waals surface area contributed by atoms with E-state index >= 15 is 0 Å². The van der Waals surface area contributed by atoms with Gasteiger partial charge >= 0.3 is 5.97 Å². The first-order valence-electron chi connectivity index (χ1n) is 13.3. The van der Waals surface area contributed by atoms with Crippen molar-refractivity contribution >= 4 is 5.97 Å². The molecule has 5 heteroatoms. The number of aromatic nitrogens is 1. The van der Waals surface area contributed by atoms with Gasteiger partial charge in [-0.1, -0.05) is 85.1 Å². The fourth-order valence-corrected chi connectivity index (χ4v) is 6.71. The second kappa shape index (κ2) is 9.62. The van der Waals surface area contributed by atoms with Gasteiger partial charge in [0.15, 0.2) is 5.76 Å². The molecule has 35 heavy (non-hydrogen) atoms. The molecule has 5 nitrogen and oxygen atoms in total. The molecule has 1 N–H and O–H groups in total. The number of hydrogen-bond donors (Lipinski definition) is 1. The largest absolute Gasteiger partial charge is 0.461 e. The molecule has 1 aromatic heterocycles. The molecule has 2 heterocycles. The fourth-order valence-electron chi connectivity index (χ4n) is 6.71. The molecule has 6 rings (SSSR count). The van der Waals surface area contributed by atoms with Crippen LogP contribution in [0, 0.1) is 11.8 Å². The third kappa shape index (κ3) is 4.42. The van der Waals surface area contributed by atoms with Crippen molar-refractivity contribution in [2.24, 2.45) is 11.8 Å². The molecule has 4 atom stereocenters. The van der Waals surface area contributed by atoms with Crippen molar-refractivity contribution in [1.29, 1.82) is 0 Å². The number of benzene rings is 2. The normalized spacial score (nSPS) is 27.4. The van der Waals surface area contributed by atoms with Crippen LogP contribution in [0.15, 0.2) is 71.3 Å². The first-order chi connectivity index (χ1) is 17.2. The Kier molecular flexibility index (Phi) is 6.19. The molecule has 182 valence electrons. The Hall–Kier alpha value is -2.92. The number of rotatable bonds is 6. The van der Waals surface area contributed by atoms with Gasteiger partial charge in [-0.05, 0) is 24.8 Å². The molecule has 0 amide bonds. The van der Waals surface area contributed by atoms with E-state index in [9.17, 15) is 4.79 Å². The maximum absolute atomic E-state index is 13.6. The van der Waals surface area contributed by atoms with Crippen LogP contribution in [-0.4, -0.2) is 30.3 Å². The number of nitrogens with one attached hydrogen (secondary N) is 1. The summed E-state index contributed by atoms with van der Waals surface area (Å²) in [6.07, 6.45) is 7.45. The molecule has 2 unspecified atom stereocenters. The highest BCUT2D eigenvalue weighted by molar-refractivity contribution is 5.83. The summed E-state index contributed by atoms with van der Waals surface area (Å²) in [5.74, 6) is 2.01. The van der Waals surface area contributed by atoms with Gasteiger partial charge in [-0.2, -0.15) is 0 Å². The van der Waals surface area contributed by atoms with Crippen molar-refractivity contribution < 1.29 is 19.0 Å². The predicted octanol–water partition coefficient (Wildman–Crippen LogP) is 4.58. The summed E-state index contributed by atoms with van der Waals surface area (Å²) in [5, 5.41) is 4.33. The average Bonchev–Trinajstić information content (AvgIpc) is 3.37. The highest BCUT2D eigenvalue weighted by Crippen LogP contribution is 2.44. The topological polar surface area (TPSA) is 56.8 Å². The van der Waals surface area contributed by atoms with E-state index in [0.29, 0.717) is 11.8 Å². The summed E-state index contributed by atoms with van der Waals surface area (Å²) in [7, 11) is 0. The molecule has 2 aromatic carbocycles. The number of hydrogen-bond acceptors (Lipinski definition) is 4. The molecule has 3 aliphatic rings. The van der Waals surface area contributed by atoms with Crippen molar-refractivity contribution in [3.05, 3.63) is 78.0 Å². The molecular formula is C30H35N2O3+. The van der Waals surface area contributed by atoms with Gasteiger partial charge in [-0.25, -0.2) is 0 Å². The molecular weight excluding hydrogens is 436 g/mol. The third-order valence-electron chi connectivity index (χ3n) is 8.73. The van der Waals surface area contributed by atoms with Crippen LogP contribution in [0.4, 0.5) is 0 Å². The van der Waals surface area contributed by atoms with E-state index in [1.165, 1.54) is 6.42 Å². The molecule has 0 radical (unpaired) electrons. The van der Waals surface area contributed by atoms with E-state index in [0.717, 1.165) is 80.7 Å². The number of likely N-dealkylation sites (tertiary alicyclic amines) is 1. The van der Waals surface area contributed by atoms with Crippen LogP contribution in [0.1, 0.15) is 56.2 Å². The SMILES string of the molecule is O=C(O[C@H]1CC2C[NH+](Cc3cc(-c4ccccc4)on3)CC[C@@H]21)C1(c2ccccc2)CCCCC1. The molecule has 1 saturated heterocycles. The quantitative estimate of drug-likeness (QED) is 0.535. The van der Waals surface area contributed by atoms with Crippen LogP contribution < -0.4 is 4.90 Å². The number of fused-ring (bicyclic) bond motifs is 1. The molecule has 0 spiro atoms. The molecule has 0 bridgehead atoms. The highest BCUT2D eigenvalue weighted by Gasteiger charge is 2.51. The molecule has 2 aliphatic carbocycles. The molecule has 3 aromatic rings. The Bertz CT molecular complexity index is 1140. The predicted molar refractivity (Wildman–Crippen MR) is 134 cm³/mol. The second-order valence-corrected chi connectivity index (χ2v) is 10.8. The Morgan fingerprint density at radius 2 is 1.77 bits per heavy atom. The maximum Gasteiger partial charge on any atom is 0.316 e. The van der Waals surface area contributed by atoms with Gasteiger partial charge < -0.3 is 14.2 Å². The second-order valence-electron chi connectivity index (χ2n) is 10.8. The summed E-state index contributed by atoms with van der Waals surface area (Å²) in [6, 6.07) is 22.6. The number of nitrogens with zero attached hydrogens (tertiary/aromatic N) is 1. The lowest BCUT2D eigenvalue weighted by molar-refractivity contribution is -0.926. The number of quaternary nitrogens is 1. The van der Waals surface area contributed by atoms with E-state index in [-0.39, 0.29) is 12.1 Å². The van der Waals surface area contributed by atoms with Gasteiger partial charge in [-0.3, -0.25) is 4.79 Å². The van der Waals surface area contributed by atoms with Gasteiger partial charge in [0.05, 0.1) is 18.5 Å². The summed E-state index contributed by atoms with van der Waals surface area (Å²) >= 11 is 0. The number of piperidine rings is 1. The van der Waals surface area contributed by atoms with Crippen LogP contribution in [0.2, 0.25) is 0 Å². The first kappa shape index (κ1) is 22.5. The van der Waals surface area contributed by atoms with E-state index < -0.39 is 5.41 Å². The summed E-state index contributed by atoms with van der Waals surface area (Å²) in [4.78, 5) is 15.1. The van der Waals surface area contributed by atoms with Gasteiger partial charge in [-0.15, -0.1) is 0 Å². The van der Waals surface area contributed by atoms with Crippen molar-refractivity contribution in [2.45, 2.75) is 63.0 Å². The number of esters is 1. The zero-order valence-electron chi connectivity index (χ0n) is 20.3. The first-order valence-corrected chi connectivity index (χ1v) is 13.3. The lowest BCUT2D eigenvalue weighted by Crippen LogP contribution is -3.13. The number of carbonyl (C=O) groups is 1. The van der Waals surface area contributed by atoms with Gasteiger partial charge in [0.25, 0.3) is 0 Å². The fraction of sp³-hybridized carbons (Fsp3) is 0.467. The Labute approximate surface area is 207 Å². The monoisotopic (exact) mass is 471 g/mol. The van der Waals surface area contributed by atoms with Crippen LogP contribution in [0.3, 0.4) is 0 Å². The third-order valence-corrected chi connectivity index (χ3v) is 8.73. The Morgan fingerprint density at radius 1 is 1.03 bits per heavy atom. The van der Waals surface area contributed by atoms with E-state index in [1.807, 2.05) is 36.4 Å². The molecule has 1 aliphatic heterocycles. The highest BCUT2D eigenvalue weighted by atomic mass is 16.5. The van der Waals surface area contributed by atoms with Crippen molar-refractivity contribution in [3.63, 3.8) is 0 Å². The van der Waals surface area contributed by atoms with Crippen LogP contribution in [0.5, 0.6) is 0 Å². The molecule has 2 saturated carbocycles. The standard InChI is InChI=1S/C30H34N2O3/c33-29(30(15-8-3-9-16-30)24-12-6-2-7-13-24)34-28-18-23-20-32(17-14-26(23)28)21-25-19-27(35-31-25)22-10-4-1-5-11-22/h1-2,4-7,10-13,19,23,26,28H,3,8-9,14-18,20-21H2/p+1/t23?,26-,28-/m0/s1. The lowest BCUT2D eigenvalue weighted by Gasteiger charge is -2.49.